The van der Waals surface area contributed by atoms with Crippen LogP contribution in [0.2, 0.25) is 0 Å². The van der Waals surface area contributed by atoms with Crippen LogP contribution in [0.4, 0.5) is 5.69 Å². The predicted octanol–water partition coefficient (Wildman–Crippen LogP) is 2.10. The summed E-state index contributed by atoms with van der Waals surface area (Å²) in [6.07, 6.45) is 1.48. The monoisotopic (exact) mass is 317 g/mol. The minimum atomic E-state index is -4.01. The van der Waals surface area contributed by atoms with Crippen LogP contribution in [0, 0.1) is 18.3 Å². The van der Waals surface area contributed by atoms with E-state index in [-0.39, 0.29) is 16.3 Å². The molecular weight excluding hydrogens is 302 g/mol. The van der Waals surface area contributed by atoms with Gasteiger partial charge >= 0.3 is 10.1 Å². The molecule has 0 bridgehead atoms. The number of hydrogen-bond donors (Lipinski definition) is 0. The molecule has 114 valence electrons. The Balaban J connectivity index is 2.43. The van der Waals surface area contributed by atoms with E-state index in [1.54, 1.807) is 31.1 Å². The first-order valence-corrected chi connectivity index (χ1v) is 7.83. The number of aryl methyl sites for hydroxylation is 1. The first-order chi connectivity index (χ1) is 10.3. The first-order valence-electron chi connectivity index (χ1n) is 6.42. The number of pyridine rings is 1. The Morgan fingerprint density at radius 2 is 1.86 bits per heavy atom. The lowest BCUT2D eigenvalue weighted by atomic mass is 10.2. The molecule has 0 saturated heterocycles. The molecule has 22 heavy (non-hydrogen) atoms. The van der Waals surface area contributed by atoms with Crippen LogP contribution in [0.15, 0.2) is 41.4 Å². The van der Waals surface area contributed by atoms with Gasteiger partial charge < -0.3 is 9.08 Å². The van der Waals surface area contributed by atoms with E-state index in [2.05, 4.69) is 4.98 Å². The number of nitrogens with zero attached hydrogens (tertiary/aromatic N) is 3. The summed E-state index contributed by atoms with van der Waals surface area (Å²) >= 11 is 0. The Kier molecular flexibility index (Phi) is 4.33. The smallest absolute Gasteiger partial charge is 0.339 e. The average molecular weight is 317 g/mol. The van der Waals surface area contributed by atoms with Crippen molar-refractivity contribution in [3.63, 3.8) is 0 Å². The maximum Gasteiger partial charge on any atom is 0.339 e. The van der Waals surface area contributed by atoms with E-state index in [9.17, 15) is 8.42 Å². The van der Waals surface area contributed by atoms with Gasteiger partial charge in [-0.3, -0.25) is 0 Å². The summed E-state index contributed by atoms with van der Waals surface area (Å²) in [6.45, 7) is 1.86. The van der Waals surface area contributed by atoms with Crippen molar-refractivity contribution in [1.82, 2.24) is 4.98 Å². The molecule has 0 aliphatic heterocycles. The summed E-state index contributed by atoms with van der Waals surface area (Å²) in [7, 11) is -0.457. The number of anilines is 1. The van der Waals surface area contributed by atoms with E-state index in [0.29, 0.717) is 5.69 Å². The molecule has 0 amide bonds. The molecular formula is C15H15N3O3S. The molecule has 6 nitrogen and oxygen atoms in total. The van der Waals surface area contributed by atoms with Crippen LogP contribution >= 0.6 is 0 Å². The summed E-state index contributed by atoms with van der Waals surface area (Å²) in [5, 5.41) is 9.05. The van der Waals surface area contributed by atoms with Crippen molar-refractivity contribution in [2.75, 3.05) is 19.0 Å². The molecule has 0 unspecified atom stereocenters. The fraction of sp³-hybridized carbons (Fsp3) is 0.200. The van der Waals surface area contributed by atoms with E-state index in [1.165, 1.54) is 24.4 Å². The van der Waals surface area contributed by atoms with Crippen LogP contribution in [-0.4, -0.2) is 27.5 Å². The number of hydrogen-bond acceptors (Lipinski definition) is 6. The lowest BCUT2D eigenvalue weighted by Crippen LogP contribution is -2.13. The van der Waals surface area contributed by atoms with Gasteiger partial charge in [-0.15, -0.1) is 0 Å². The van der Waals surface area contributed by atoms with Gasteiger partial charge in [0.2, 0.25) is 0 Å². The van der Waals surface area contributed by atoms with Gasteiger partial charge in [0.25, 0.3) is 0 Å². The molecule has 0 aliphatic rings. The van der Waals surface area contributed by atoms with E-state index < -0.39 is 10.1 Å². The Bertz CT molecular complexity index is 822. The highest BCUT2D eigenvalue weighted by Crippen LogP contribution is 2.25. The van der Waals surface area contributed by atoms with Crippen LogP contribution in [0.25, 0.3) is 0 Å². The lowest BCUT2D eigenvalue weighted by Gasteiger charge is -2.14. The predicted molar refractivity (Wildman–Crippen MR) is 82.3 cm³/mol. The van der Waals surface area contributed by atoms with Crippen molar-refractivity contribution in [3.05, 3.63) is 47.8 Å². The van der Waals surface area contributed by atoms with Crippen molar-refractivity contribution in [3.8, 4) is 11.8 Å². The van der Waals surface area contributed by atoms with Crippen LogP contribution in [0.3, 0.4) is 0 Å². The number of nitriles is 1. The van der Waals surface area contributed by atoms with Gasteiger partial charge in [0.05, 0.1) is 11.9 Å². The molecule has 0 saturated carbocycles. The second-order valence-corrected chi connectivity index (χ2v) is 6.44. The Morgan fingerprint density at radius 1 is 1.23 bits per heavy atom. The van der Waals surface area contributed by atoms with Gasteiger partial charge in [0.15, 0.2) is 11.4 Å². The highest BCUT2D eigenvalue weighted by Gasteiger charge is 2.20. The minimum absolute atomic E-state index is 0.0252. The summed E-state index contributed by atoms with van der Waals surface area (Å²) < 4.78 is 29.7. The zero-order chi connectivity index (χ0) is 16.3. The molecule has 7 heteroatoms. The molecule has 0 fully saturated rings. The summed E-state index contributed by atoms with van der Waals surface area (Å²) in [5.74, 6) is -0.0886. The van der Waals surface area contributed by atoms with Gasteiger partial charge in [-0.1, -0.05) is 17.7 Å². The van der Waals surface area contributed by atoms with Gasteiger partial charge in [-0.25, -0.2) is 4.98 Å². The van der Waals surface area contributed by atoms with Crippen molar-refractivity contribution >= 4 is 15.8 Å². The SMILES string of the molecule is Cc1ccc(S(=O)(=O)Oc2cc(N(C)C)cnc2C#N)cc1. The summed E-state index contributed by atoms with van der Waals surface area (Å²) in [4.78, 5) is 5.68. The topological polar surface area (TPSA) is 83.3 Å². The minimum Gasteiger partial charge on any atom is -0.376 e. The third-order valence-electron chi connectivity index (χ3n) is 2.97. The van der Waals surface area contributed by atoms with Gasteiger partial charge in [-0.2, -0.15) is 13.7 Å². The molecule has 1 aromatic heterocycles. The van der Waals surface area contributed by atoms with Crippen molar-refractivity contribution < 1.29 is 12.6 Å². The van der Waals surface area contributed by atoms with Gasteiger partial charge in [-0.05, 0) is 19.1 Å². The quantitative estimate of drug-likeness (QED) is 0.803. The summed E-state index contributed by atoms with van der Waals surface area (Å²) in [5.41, 5.74) is 1.49. The fourth-order valence-corrected chi connectivity index (χ4v) is 2.63. The van der Waals surface area contributed by atoms with Crippen LogP contribution in [0.1, 0.15) is 11.3 Å². The van der Waals surface area contributed by atoms with Gasteiger partial charge in [0.1, 0.15) is 11.0 Å². The summed E-state index contributed by atoms with van der Waals surface area (Å²) in [6, 6.07) is 9.56. The highest BCUT2D eigenvalue weighted by atomic mass is 32.2. The first kappa shape index (κ1) is 15.8. The Hall–Kier alpha value is -2.59. The number of aromatic nitrogens is 1. The van der Waals surface area contributed by atoms with E-state index in [0.717, 1.165) is 5.56 Å². The molecule has 2 rings (SSSR count). The standard InChI is InChI=1S/C15H15N3O3S/c1-11-4-6-13(7-5-11)22(19,20)21-15-8-12(18(2)3)10-17-14(15)9-16/h4-8,10H,1-3H3. The lowest BCUT2D eigenvalue weighted by molar-refractivity contribution is 0.484. The maximum atomic E-state index is 12.3. The Labute approximate surface area is 129 Å². The number of benzene rings is 1. The molecule has 0 aliphatic carbocycles. The zero-order valence-electron chi connectivity index (χ0n) is 12.4. The highest BCUT2D eigenvalue weighted by molar-refractivity contribution is 7.87. The van der Waals surface area contributed by atoms with Crippen molar-refractivity contribution in [2.45, 2.75) is 11.8 Å². The molecule has 0 atom stereocenters. The van der Waals surface area contributed by atoms with Crippen LogP contribution in [0.5, 0.6) is 5.75 Å². The van der Waals surface area contributed by atoms with Crippen molar-refractivity contribution in [1.29, 1.82) is 5.26 Å². The maximum absolute atomic E-state index is 12.3. The normalized spacial score (nSPS) is 10.8. The van der Waals surface area contributed by atoms with Crippen LogP contribution in [-0.2, 0) is 10.1 Å². The largest absolute Gasteiger partial charge is 0.376 e. The molecule has 1 aromatic carbocycles. The molecule has 2 aromatic rings. The number of rotatable bonds is 4. The second-order valence-electron chi connectivity index (χ2n) is 4.90. The molecule has 0 radical (unpaired) electrons. The zero-order valence-corrected chi connectivity index (χ0v) is 13.3. The Morgan fingerprint density at radius 3 is 2.41 bits per heavy atom. The van der Waals surface area contributed by atoms with Gasteiger partial charge in [0, 0.05) is 20.2 Å². The molecule has 0 spiro atoms. The molecule has 0 N–H and O–H groups in total. The third kappa shape index (κ3) is 3.35. The van der Waals surface area contributed by atoms with E-state index in [4.69, 9.17) is 9.44 Å². The van der Waals surface area contributed by atoms with Crippen molar-refractivity contribution in [2.24, 2.45) is 0 Å². The van der Waals surface area contributed by atoms with E-state index in [1.807, 2.05) is 13.0 Å². The molecule has 1 heterocycles. The second kappa shape index (κ2) is 6.03. The van der Waals surface area contributed by atoms with Crippen LogP contribution < -0.4 is 9.08 Å². The average Bonchev–Trinajstić information content (AvgIpc) is 2.47. The third-order valence-corrected chi connectivity index (χ3v) is 4.22. The fourth-order valence-electron chi connectivity index (χ4n) is 1.70. The van der Waals surface area contributed by atoms with E-state index >= 15 is 0 Å².